The molecule has 6 heteroatoms. The summed E-state index contributed by atoms with van der Waals surface area (Å²) in [5.41, 5.74) is 2.07. The van der Waals surface area contributed by atoms with Crippen LogP contribution in [0, 0.1) is 17.6 Å². The number of nitrogen functional groups attached to an aromatic ring is 1. The molecule has 0 spiro atoms. The van der Waals surface area contributed by atoms with Crippen molar-refractivity contribution < 1.29 is 8.78 Å². The first kappa shape index (κ1) is 12.6. The Morgan fingerprint density at radius 3 is 2.25 bits per heavy atom. The topological polar surface area (TPSA) is 63.0 Å². The molecule has 1 atom stereocenters. The zero-order valence-corrected chi connectivity index (χ0v) is 9.51. The predicted octanol–water partition coefficient (Wildman–Crippen LogP) is 2.10. The molecule has 16 heavy (non-hydrogen) atoms. The summed E-state index contributed by atoms with van der Waals surface area (Å²) in [6.07, 6.45) is 0. The fraction of sp³-hybridized carbons (Fsp3) is 0.500. The number of pyridine rings is 1. The second-order valence-corrected chi connectivity index (χ2v) is 3.97. The molecule has 90 valence electrons. The molecule has 1 aromatic rings. The van der Waals surface area contributed by atoms with Gasteiger partial charge in [-0.05, 0) is 12.8 Å². The van der Waals surface area contributed by atoms with Crippen LogP contribution in [0.15, 0.2) is 6.07 Å². The number of hydrazine groups is 1. The van der Waals surface area contributed by atoms with Crippen LogP contribution in [0.2, 0.25) is 0 Å². The number of anilines is 2. The van der Waals surface area contributed by atoms with Crippen molar-refractivity contribution in [1.82, 2.24) is 4.98 Å². The first-order chi connectivity index (χ1) is 7.45. The zero-order chi connectivity index (χ0) is 12.3. The Bertz CT molecular complexity index is 368. The summed E-state index contributed by atoms with van der Waals surface area (Å²) in [5.74, 6) is 3.63. The van der Waals surface area contributed by atoms with Gasteiger partial charge in [-0.3, -0.25) is 0 Å². The highest BCUT2D eigenvalue weighted by Gasteiger charge is 2.14. The summed E-state index contributed by atoms with van der Waals surface area (Å²) in [6, 6.07) is 0.774. The average molecular weight is 230 g/mol. The molecule has 4 N–H and O–H groups in total. The molecule has 0 aliphatic carbocycles. The minimum Gasteiger partial charge on any atom is -0.365 e. The lowest BCUT2D eigenvalue weighted by Crippen LogP contribution is -2.23. The van der Waals surface area contributed by atoms with Crippen LogP contribution in [0.3, 0.4) is 0 Å². The van der Waals surface area contributed by atoms with E-state index in [0.717, 1.165) is 6.07 Å². The lowest BCUT2D eigenvalue weighted by atomic mass is 10.1. The number of hydrogen-bond donors (Lipinski definition) is 3. The lowest BCUT2D eigenvalue weighted by molar-refractivity contribution is 0.542. The van der Waals surface area contributed by atoms with Crippen molar-refractivity contribution in [3.05, 3.63) is 17.7 Å². The van der Waals surface area contributed by atoms with Crippen LogP contribution < -0.4 is 16.6 Å². The fourth-order valence-corrected chi connectivity index (χ4v) is 1.05. The molecule has 1 heterocycles. The Hall–Kier alpha value is -1.43. The van der Waals surface area contributed by atoms with Crippen molar-refractivity contribution in [2.45, 2.75) is 26.8 Å². The fourth-order valence-electron chi connectivity index (χ4n) is 1.05. The number of aromatic nitrogens is 1. The Kier molecular flexibility index (Phi) is 4.00. The third-order valence-corrected chi connectivity index (χ3v) is 2.43. The standard InChI is InChI=1S/C10H16F2N4/c1-5(2)6(3)14-9-7(11)4-8(12)10(15-9)16-13/h4-6H,13H2,1-3H3,(H2,14,15,16). The summed E-state index contributed by atoms with van der Waals surface area (Å²) in [5, 5.41) is 2.86. The van der Waals surface area contributed by atoms with Gasteiger partial charge in [0.25, 0.3) is 0 Å². The molecule has 0 saturated carbocycles. The molecule has 0 amide bonds. The van der Waals surface area contributed by atoms with Gasteiger partial charge in [-0.15, -0.1) is 0 Å². The largest absolute Gasteiger partial charge is 0.365 e. The molecule has 0 aromatic carbocycles. The highest BCUT2D eigenvalue weighted by atomic mass is 19.1. The molecule has 1 rings (SSSR count). The second-order valence-electron chi connectivity index (χ2n) is 3.97. The molecule has 1 unspecified atom stereocenters. The Morgan fingerprint density at radius 2 is 1.75 bits per heavy atom. The van der Waals surface area contributed by atoms with Crippen molar-refractivity contribution in [2.24, 2.45) is 11.8 Å². The van der Waals surface area contributed by atoms with E-state index in [9.17, 15) is 8.78 Å². The minimum atomic E-state index is -0.817. The average Bonchev–Trinajstić information content (AvgIpc) is 2.21. The monoisotopic (exact) mass is 230 g/mol. The van der Waals surface area contributed by atoms with Crippen LogP contribution in [0.1, 0.15) is 20.8 Å². The van der Waals surface area contributed by atoms with E-state index in [2.05, 4.69) is 15.7 Å². The van der Waals surface area contributed by atoms with Crippen molar-refractivity contribution in [2.75, 3.05) is 10.7 Å². The molecule has 4 nitrogen and oxygen atoms in total. The van der Waals surface area contributed by atoms with E-state index in [4.69, 9.17) is 5.84 Å². The van der Waals surface area contributed by atoms with Crippen molar-refractivity contribution in [3.63, 3.8) is 0 Å². The number of hydrogen-bond acceptors (Lipinski definition) is 4. The van der Waals surface area contributed by atoms with E-state index in [1.807, 2.05) is 20.8 Å². The van der Waals surface area contributed by atoms with E-state index >= 15 is 0 Å². The van der Waals surface area contributed by atoms with Gasteiger partial charge < -0.3 is 10.7 Å². The van der Waals surface area contributed by atoms with Crippen LogP contribution in [0.25, 0.3) is 0 Å². The van der Waals surface area contributed by atoms with Crippen LogP contribution in [-0.2, 0) is 0 Å². The highest BCUT2D eigenvalue weighted by molar-refractivity contribution is 5.47. The SMILES string of the molecule is CC(C)C(C)Nc1nc(NN)c(F)cc1F. The molecular formula is C10H16F2N4. The molecule has 1 aromatic heterocycles. The van der Waals surface area contributed by atoms with Gasteiger partial charge in [0.05, 0.1) is 0 Å². The minimum absolute atomic E-state index is 0.00412. The summed E-state index contributed by atoms with van der Waals surface area (Å²) in [7, 11) is 0. The maximum Gasteiger partial charge on any atom is 0.178 e. The quantitative estimate of drug-likeness (QED) is 0.547. The molecular weight excluding hydrogens is 214 g/mol. The number of nitrogens with zero attached hydrogens (tertiary/aromatic N) is 1. The molecule has 0 fully saturated rings. The maximum absolute atomic E-state index is 13.4. The van der Waals surface area contributed by atoms with Gasteiger partial charge >= 0.3 is 0 Å². The predicted molar refractivity (Wildman–Crippen MR) is 59.9 cm³/mol. The number of halogens is 2. The van der Waals surface area contributed by atoms with Gasteiger partial charge in [-0.25, -0.2) is 19.6 Å². The van der Waals surface area contributed by atoms with E-state index < -0.39 is 11.6 Å². The van der Waals surface area contributed by atoms with E-state index in [1.54, 1.807) is 0 Å². The second kappa shape index (κ2) is 5.07. The summed E-state index contributed by atoms with van der Waals surface area (Å²) >= 11 is 0. The summed E-state index contributed by atoms with van der Waals surface area (Å²) < 4.78 is 26.4. The Morgan fingerprint density at radius 1 is 1.19 bits per heavy atom. The highest BCUT2D eigenvalue weighted by Crippen LogP contribution is 2.19. The number of nitrogens with two attached hydrogens (primary N) is 1. The third-order valence-electron chi connectivity index (χ3n) is 2.43. The van der Waals surface area contributed by atoms with Gasteiger partial charge in [-0.2, -0.15) is 0 Å². The summed E-state index contributed by atoms with van der Waals surface area (Å²) in [6.45, 7) is 5.87. The molecule has 0 radical (unpaired) electrons. The van der Waals surface area contributed by atoms with Gasteiger partial charge in [0.2, 0.25) is 0 Å². The Balaban J connectivity index is 2.96. The van der Waals surface area contributed by atoms with Crippen molar-refractivity contribution in [1.29, 1.82) is 0 Å². The summed E-state index contributed by atoms with van der Waals surface area (Å²) in [4.78, 5) is 3.72. The van der Waals surface area contributed by atoms with Crippen LogP contribution in [-0.4, -0.2) is 11.0 Å². The normalized spacial score (nSPS) is 12.7. The first-order valence-corrected chi connectivity index (χ1v) is 5.05. The maximum atomic E-state index is 13.4. The van der Waals surface area contributed by atoms with Crippen LogP contribution >= 0.6 is 0 Å². The van der Waals surface area contributed by atoms with Crippen molar-refractivity contribution >= 4 is 11.6 Å². The van der Waals surface area contributed by atoms with Crippen LogP contribution in [0.5, 0.6) is 0 Å². The third kappa shape index (κ3) is 2.79. The van der Waals surface area contributed by atoms with Gasteiger partial charge in [0.1, 0.15) is 0 Å². The zero-order valence-electron chi connectivity index (χ0n) is 9.51. The van der Waals surface area contributed by atoms with E-state index in [-0.39, 0.29) is 17.7 Å². The van der Waals surface area contributed by atoms with Gasteiger partial charge in [0.15, 0.2) is 23.3 Å². The molecule has 0 saturated heterocycles. The lowest BCUT2D eigenvalue weighted by Gasteiger charge is -2.18. The van der Waals surface area contributed by atoms with Crippen molar-refractivity contribution in [3.8, 4) is 0 Å². The molecule has 0 aliphatic heterocycles. The van der Waals surface area contributed by atoms with E-state index in [1.165, 1.54) is 0 Å². The molecule has 0 aliphatic rings. The number of nitrogens with one attached hydrogen (secondary N) is 2. The Labute approximate surface area is 93.2 Å². The van der Waals surface area contributed by atoms with Gasteiger partial charge in [-0.1, -0.05) is 13.8 Å². The van der Waals surface area contributed by atoms with Crippen LogP contribution in [0.4, 0.5) is 20.4 Å². The van der Waals surface area contributed by atoms with Gasteiger partial charge in [0, 0.05) is 12.1 Å². The van der Waals surface area contributed by atoms with E-state index in [0.29, 0.717) is 5.92 Å². The number of rotatable bonds is 4. The smallest absolute Gasteiger partial charge is 0.178 e. The first-order valence-electron chi connectivity index (χ1n) is 5.05. The molecule has 0 bridgehead atoms.